The number of anilines is 2. The fraction of sp³-hybridized carbons (Fsp3) is 0.269. The van der Waals surface area contributed by atoms with Crippen molar-refractivity contribution in [3.8, 4) is 0 Å². The molecule has 1 amide bonds. The molecule has 3 aliphatic rings. The molecule has 180 valence electrons. The van der Waals surface area contributed by atoms with Crippen LogP contribution in [0, 0.1) is 6.92 Å². The number of nitrogens with one attached hydrogen (secondary N) is 1. The third kappa shape index (κ3) is 3.34. The van der Waals surface area contributed by atoms with Gasteiger partial charge in [-0.25, -0.2) is 4.79 Å². The van der Waals surface area contributed by atoms with Crippen molar-refractivity contribution in [2.45, 2.75) is 38.5 Å². The third-order valence-corrected chi connectivity index (χ3v) is 7.67. The fourth-order valence-corrected chi connectivity index (χ4v) is 5.83. The Morgan fingerprint density at radius 2 is 2.00 bits per heavy atom. The predicted molar refractivity (Wildman–Crippen MR) is 137 cm³/mol. The Morgan fingerprint density at radius 1 is 1.23 bits per heavy atom. The van der Waals surface area contributed by atoms with Gasteiger partial charge in [0.1, 0.15) is 16.8 Å². The molecule has 0 bridgehead atoms. The van der Waals surface area contributed by atoms with E-state index in [1.165, 1.54) is 0 Å². The maximum Gasteiger partial charge on any atom is 0.339 e. The lowest BCUT2D eigenvalue weighted by Crippen LogP contribution is -2.53. The summed E-state index contributed by atoms with van der Waals surface area (Å²) < 4.78 is 6.12. The van der Waals surface area contributed by atoms with E-state index >= 15 is 0 Å². The van der Waals surface area contributed by atoms with Crippen LogP contribution < -0.4 is 16.0 Å². The summed E-state index contributed by atoms with van der Waals surface area (Å²) in [4.78, 5) is 42.7. The number of nitrogens with zero attached hydrogens (tertiary/aromatic N) is 1. The van der Waals surface area contributed by atoms with Crippen LogP contribution in [0.25, 0.3) is 0 Å². The molecule has 1 aliphatic carbocycles. The van der Waals surface area contributed by atoms with Gasteiger partial charge in [-0.3, -0.25) is 14.5 Å². The number of allylic oxidation sites excluding steroid dienone is 1. The number of hydrogen-bond donors (Lipinski definition) is 2. The number of fused-ring (bicyclic) bond motifs is 3. The van der Waals surface area contributed by atoms with Crippen molar-refractivity contribution in [2.75, 3.05) is 16.8 Å². The molecule has 7 nitrogen and oxygen atoms in total. The minimum Gasteiger partial charge on any atom is -0.462 e. The Kier molecular flexibility index (Phi) is 5.76. The molecule has 0 radical (unpaired) electrons. The van der Waals surface area contributed by atoms with Crippen molar-refractivity contribution in [1.82, 2.24) is 0 Å². The summed E-state index contributed by atoms with van der Waals surface area (Å²) in [6.45, 7) is 3.64. The number of ether oxygens (including phenoxy) is 1. The summed E-state index contributed by atoms with van der Waals surface area (Å²) in [6, 6.07) is 10.7. The van der Waals surface area contributed by atoms with Crippen LogP contribution in [0.1, 0.15) is 37.3 Å². The van der Waals surface area contributed by atoms with E-state index in [4.69, 9.17) is 22.1 Å². The Balaban J connectivity index is 1.90. The number of carbonyl (C=O) groups is 3. The lowest BCUT2D eigenvalue weighted by Gasteiger charge is -2.44. The highest BCUT2D eigenvalue weighted by atomic mass is 79.9. The number of ketones is 1. The number of hydrogen-bond acceptors (Lipinski definition) is 6. The average Bonchev–Trinajstić information content (AvgIpc) is 3.08. The number of amides is 1. The first kappa shape index (κ1) is 23.6. The number of aryl methyl sites for hydroxylation is 1. The monoisotopic (exact) mass is 555 g/mol. The van der Waals surface area contributed by atoms with Gasteiger partial charge in [-0.2, -0.15) is 0 Å². The summed E-state index contributed by atoms with van der Waals surface area (Å²) in [6.07, 6.45) is 1.36. The summed E-state index contributed by atoms with van der Waals surface area (Å²) in [7, 11) is 0. The van der Waals surface area contributed by atoms with Gasteiger partial charge in [0, 0.05) is 44.1 Å². The molecular weight excluding hydrogens is 534 g/mol. The zero-order valence-corrected chi connectivity index (χ0v) is 21.5. The van der Waals surface area contributed by atoms with Gasteiger partial charge in [0.2, 0.25) is 5.91 Å². The van der Waals surface area contributed by atoms with E-state index in [9.17, 15) is 14.4 Å². The van der Waals surface area contributed by atoms with Crippen molar-refractivity contribution in [3.05, 3.63) is 79.7 Å². The lowest BCUT2D eigenvalue weighted by molar-refractivity contribution is -0.140. The summed E-state index contributed by atoms with van der Waals surface area (Å²) in [5.74, 6) is -1.41. The van der Waals surface area contributed by atoms with Crippen LogP contribution in [0.2, 0.25) is 5.02 Å². The molecule has 1 unspecified atom stereocenters. The topological polar surface area (TPSA) is 102 Å². The van der Waals surface area contributed by atoms with Gasteiger partial charge in [-0.05, 0) is 62.6 Å². The molecule has 2 heterocycles. The minimum atomic E-state index is -1.72. The maximum atomic E-state index is 13.9. The van der Waals surface area contributed by atoms with Crippen molar-refractivity contribution in [3.63, 3.8) is 0 Å². The zero-order valence-electron chi connectivity index (χ0n) is 19.2. The zero-order chi connectivity index (χ0) is 25.1. The highest BCUT2D eigenvalue weighted by Crippen LogP contribution is 2.56. The van der Waals surface area contributed by atoms with Gasteiger partial charge < -0.3 is 15.8 Å². The first-order chi connectivity index (χ1) is 16.7. The molecule has 35 heavy (non-hydrogen) atoms. The second-order valence-electron chi connectivity index (χ2n) is 8.74. The van der Waals surface area contributed by atoms with Crippen LogP contribution in [0.15, 0.2) is 63.5 Å². The number of halogens is 2. The first-order valence-electron chi connectivity index (χ1n) is 11.3. The molecule has 9 heteroatoms. The van der Waals surface area contributed by atoms with Gasteiger partial charge in [0.05, 0.1) is 6.61 Å². The number of rotatable bonds is 3. The molecule has 0 saturated carbocycles. The van der Waals surface area contributed by atoms with Crippen molar-refractivity contribution < 1.29 is 19.1 Å². The molecule has 2 aromatic rings. The van der Waals surface area contributed by atoms with Crippen LogP contribution in [-0.4, -0.2) is 24.3 Å². The molecule has 0 aromatic heterocycles. The molecule has 1 spiro atoms. The summed E-state index contributed by atoms with van der Waals surface area (Å²) in [5.41, 5.74) is 8.32. The smallest absolute Gasteiger partial charge is 0.339 e. The summed E-state index contributed by atoms with van der Waals surface area (Å²) in [5, 5.41) is 3.39. The Bertz CT molecular complexity index is 1380. The quantitative estimate of drug-likeness (QED) is 0.524. The van der Waals surface area contributed by atoms with E-state index in [-0.39, 0.29) is 35.8 Å². The van der Waals surface area contributed by atoms with E-state index < -0.39 is 17.3 Å². The van der Waals surface area contributed by atoms with Gasteiger partial charge in [0.25, 0.3) is 0 Å². The highest BCUT2D eigenvalue weighted by Gasteiger charge is 2.62. The van der Waals surface area contributed by atoms with E-state index in [1.807, 2.05) is 19.1 Å². The summed E-state index contributed by atoms with van der Waals surface area (Å²) >= 11 is 9.91. The van der Waals surface area contributed by atoms with Crippen LogP contribution in [-0.2, 0) is 24.5 Å². The van der Waals surface area contributed by atoms with Crippen molar-refractivity contribution in [2.24, 2.45) is 5.73 Å². The number of carbonyl (C=O) groups excluding carboxylic acids is 3. The number of esters is 1. The molecular formula is C26H23BrClN3O4. The van der Waals surface area contributed by atoms with Crippen LogP contribution in [0.3, 0.4) is 0 Å². The number of nitrogens with two attached hydrogens (primary N) is 1. The number of Topliss-reactive ketones (excluding diaryl/α,β-unsaturated/α-hetero) is 1. The van der Waals surface area contributed by atoms with Crippen LogP contribution in [0.5, 0.6) is 0 Å². The van der Waals surface area contributed by atoms with Crippen molar-refractivity contribution >= 4 is 56.6 Å². The molecule has 5 rings (SSSR count). The van der Waals surface area contributed by atoms with Gasteiger partial charge in [-0.15, -0.1) is 0 Å². The molecule has 3 N–H and O–H groups in total. The van der Waals surface area contributed by atoms with E-state index in [0.717, 1.165) is 5.56 Å². The third-order valence-electron chi connectivity index (χ3n) is 6.77. The molecule has 1 atom stereocenters. The molecule has 0 saturated heterocycles. The van der Waals surface area contributed by atoms with E-state index in [2.05, 4.69) is 21.2 Å². The maximum absolute atomic E-state index is 13.9. The van der Waals surface area contributed by atoms with Gasteiger partial charge >= 0.3 is 5.97 Å². The number of benzene rings is 2. The Labute approximate surface area is 216 Å². The predicted octanol–water partition coefficient (Wildman–Crippen LogP) is 4.86. The first-order valence-corrected chi connectivity index (χ1v) is 12.5. The normalized spacial score (nSPS) is 21.3. The van der Waals surface area contributed by atoms with E-state index in [0.29, 0.717) is 45.0 Å². The molecule has 2 aromatic carbocycles. The highest BCUT2D eigenvalue weighted by molar-refractivity contribution is 9.10. The lowest BCUT2D eigenvalue weighted by atomic mass is 9.63. The Morgan fingerprint density at radius 3 is 2.71 bits per heavy atom. The standard InChI is InChI=1S/C26H23BrClN3O4/c1-3-35-24(33)22-23(29)31(15-9-7-13(2)17(28)12-15)19-5-4-6-20(32)21(19)26(22)16-11-14(27)8-10-18(16)30-25(26)34/h7-12H,3-6,29H2,1-2H3,(H,30,34). The Hall–Kier alpha value is -3.10. The van der Waals surface area contributed by atoms with E-state index in [1.54, 1.807) is 36.1 Å². The van der Waals surface area contributed by atoms with Gasteiger partial charge in [0.15, 0.2) is 5.78 Å². The van der Waals surface area contributed by atoms with Crippen molar-refractivity contribution in [1.29, 1.82) is 0 Å². The SMILES string of the molecule is CCOC(=O)C1=C(N)N(c2ccc(C)c(Cl)c2)C2=C(C(=O)CCC2)C12C(=O)Nc1ccc(Br)cc12. The minimum absolute atomic E-state index is 0.0415. The second kappa shape index (κ2) is 8.53. The van der Waals surface area contributed by atoms with Crippen LogP contribution >= 0.6 is 27.5 Å². The largest absolute Gasteiger partial charge is 0.462 e. The molecule has 0 fully saturated rings. The van der Waals surface area contributed by atoms with Gasteiger partial charge in [-0.1, -0.05) is 33.6 Å². The second-order valence-corrected chi connectivity index (χ2v) is 10.1. The molecule has 2 aliphatic heterocycles. The fourth-order valence-electron chi connectivity index (χ4n) is 5.30. The average molecular weight is 557 g/mol. The van der Waals surface area contributed by atoms with Crippen LogP contribution in [0.4, 0.5) is 11.4 Å².